The van der Waals surface area contributed by atoms with Gasteiger partial charge in [0.2, 0.25) is 5.95 Å². The van der Waals surface area contributed by atoms with Crippen LogP contribution in [0, 0.1) is 0 Å². The van der Waals surface area contributed by atoms with Crippen molar-refractivity contribution in [2.75, 3.05) is 24.3 Å². The lowest BCUT2D eigenvalue weighted by atomic mass is 10.0. The molecule has 0 amide bonds. The zero-order valence-corrected chi connectivity index (χ0v) is 20.6. The summed E-state index contributed by atoms with van der Waals surface area (Å²) >= 11 is 0. The zero-order chi connectivity index (χ0) is 24.9. The Bertz CT molecular complexity index is 1330. The van der Waals surface area contributed by atoms with Gasteiger partial charge >= 0.3 is 0 Å². The number of nitrogens with one attached hydrogen (secondary N) is 3. The van der Waals surface area contributed by atoms with Crippen molar-refractivity contribution in [1.29, 1.82) is 0 Å². The number of benzene rings is 2. The summed E-state index contributed by atoms with van der Waals surface area (Å²) in [5, 5.41) is 24.3. The fraction of sp³-hybridized carbons (Fsp3) is 0.296. The molecule has 0 fully saturated rings. The number of fused-ring (bicyclic) bond motifs is 1. The number of aromatic nitrogens is 4. The van der Waals surface area contributed by atoms with E-state index in [0.717, 1.165) is 60.5 Å². The molecule has 0 unspecified atom stereocenters. The highest BCUT2D eigenvalue weighted by Gasteiger charge is 2.15. The van der Waals surface area contributed by atoms with Crippen molar-refractivity contribution in [3.8, 4) is 16.9 Å². The monoisotopic (exact) mass is 485 g/mol. The number of aliphatic hydroxyl groups is 1. The molecule has 0 spiro atoms. The number of ether oxygens (including phenoxy) is 1. The third-order valence-corrected chi connectivity index (χ3v) is 6.18. The van der Waals surface area contributed by atoms with Crippen LogP contribution in [0.15, 0.2) is 55.0 Å². The van der Waals surface area contributed by atoms with Gasteiger partial charge in [0.05, 0.1) is 19.9 Å². The summed E-state index contributed by atoms with van der Waals surface area (Å²) in [6.45, 7) is 4.76. The van der Waals surface area contributed by atoms with Crippen molar-refractivity contribution in [1.82, 2.24) is 25.1 Å². The largest absolute Gasteiger partial charge is 0.497 e. The Morgan fingerprint density at radius 2 is 2.00 bits per heavy atom. The first-order valence-corrected chi connectivity index (χ1v) is 12.2. The van der Waals surface area contributed by atoms with Crippen LogP contribution in [0.5, 0.6) is 5.75 Å². The molecule has 36 heavy (non-hydrogen) atoms. The number of nitrogens with zero attached hydrogens (tertiary/aromatic N) is 4. The Balaban J connectivity index is 1.50. The van der Waals surface area contributed by atoms with Crippen molar-refractivity contribution >= 4 is 23.1 Å². The number of rotatable bonds is 9. The molecule has 0 aliphatic carbocycles. The summed E-state index contributed by atoms with van der Waals surface area (Å²) in [6.07, 6.45) is 7.71. The lowest BCUT2D eigenvalue weighted by molar-refractivity contribution is 0.281. The number of aryl methyl sites for hydroxylation is 1. The summed E-state index contributed by atoms with van der Waals surface area (Å²) in [5.74, 6) is 1.75. The molecular weight excluding hydrogens is 454 g/mol. The number of hydrogen-bond donors (Lipinski definition) is 4. The highest BCUT2D eigenvalue weighted by molar-refractivity contribution is 5.78. The normalized spacial score (nSPS) is 12.8. The van der Waals surface area contributed by atoms with Crippen LogP contribution >= 0.6 is 0 Å². The molecule has 4 N–H and O–H groups in total. The van der Waals surface area contributed by atoms with E-state index in [1.54, 1.807) is 19.4 Å². The van der Waals surface area contributed by atoms with Gasteiger partial charge in [0.15, 0.2) is 0 Å². The van der Waals surface area contributed by atoms with Crippen molar-refractivity contribution < 1.29 is 9.84 Å². The van der Waals surface area contributed by atoms with Crippen LogP contribution in [0.3, 0.4) is 0 Å². The van der Waals surface area contributed by atoms with Crippen molar-refractivity contribution in [2.24, 2.45) is 0 Å². The summed E-state index contributed by atoms with van der Waals surface area (Å²) in [4.78, 5) is 9.41. The molecule has 0 radical (unpaired) electrons. The molecule has 3 heterocycles. The van der Waals surface area contributed by atoms with E-state index >= 15 is 0 Å². The van der Waals surface area contributed by atoms with Crippen molar-refractivity contribution in [3.63, 3.8) is 0 Å². The molecular formula is C27H31N7O2. The molecule has 0 bridgehead atoms. The quantitative estimate of drug-likeness (QED) is 0.277. The average molecular weight is 486 g/mol. The third kappa shape index (κ3) is 5.32. The van der Waals surface area contributed by atoms with Gasteiger partial charge in [0.25, 0.3) is 0 Å². The Hall–Kier alpha value is -3.95. The van der Waals surface area contributed by atoms with Gasteiger partial charge in [-0.25, -0.2) is 4.98 Å². The standard InChI is InChI=1S/C27H31N7O2/c1-3-8-34-16-21(14-30-34)25-15-29-27(32-23-9-18(17-35)10-24(12-23)36-2)33-26(25)31-22-5-4-19-6-7-28-13-20(19)11-22/h4-5,9-12,14-16,28,35H,3,6-8,13,17H2,1-2H3,(H2,29,31,32,33). The van der Waals surface area contributed by atoms with Crippen LogP contribution in [-0.2, 0) is 26.1 Å². The van der Waals surface area contributed by atoms with E-state index in [9.17, 15) is 5.11 Å². The van der Waals surface area contributed by atoms with Gasteiger partial charge in [-0.1, -0.05) is 13.0 Å². The van der Waals surface area contributed by atoms with E-state index in [0.29, 0.717) is 17.5 Å². The van der Waals surface area contributed by atoms with Crippen molar-refractivity contribution in [3.05, 3.63) is 71.7 Å². The summed E-state index contributed by atoms with van der Waals surface area (Å²) < 4.78 is 7.30. The molecule has 1 aliphatic rings. The lowest BCUT2D eigenvalue weighted by Crippen LogP contribution is -2.23. The predicted molar refractivity (Wildman–Crippen MR) is 141 cm³/mol. The highest BCUT2D eigenvalue weighted by atomic mass is 16.5. The molecule has 2 aromatic heterocycles. The first-order chi connectivity index (χ1) is 17.6. The minimum atomic E-state index is -0.0899. The summed E-state index contributed by atoms with van der Waals surface area (Å²) in [6, 6.07) is 11.9. The second-order valence-electron chi connectivity index (χ2n) is 8.84. The molecule has 0 atom stereocenters. The lowest BCUT2D eigenvalue weighted by Gasteiger charge is -2.19. The maximum Gasteiger partial charge on any atom is 0.229 e. The van der Waals surface area contributed by atoms with Gasteiger partial charge in [-0.05, 0) is 60.3 Å². The zero-order valence-electron chi connectivity index (χ0n) is 20.6. The van der Waals surface area contributed by atoms with E-state index in [2.05, 4.69) is 51.2 Å². The first kappa shape index (κ1) is 23.8. The van der Waals surface area contributed by atoms with E-state index in [1.165, 1.54) is 11.1 Å². The van der Waals surface area contributed by atoms with Gasteiger partial charge < -0.3 is 25.8 Å². The molecule has 1 aliphatic heterocycles. The third-order valence-electron chi connectivity index (χ3n) is 6.18. The van der Waals surface area contributed by atoms with E-state index < -0.39 is 0 Å². The van der Waals surface area contributed by atoms with Crippen LogP contribution in [-0.4, -0.2) is 38.5 Å². The highest BCUT2D eigenvalue weighted by Crippen LogP contribution is 2.31. The Labute approximate surface area is 210 Å². The molecule has 2 aromatic carbocycles. The van der Waals surface area contributed by atoms with Crippen LogP contribution < -0.4 is 20.7 Å². The second-order valence-corrected chi connectivity index (χ2v) is 8.84. The predicted octanol–water partition coefficient (Wildman–Crippen LogP) is 4.38. The number of methoxy groups -OCH3 is 1. The van der Waals surface area contributed by atoms with Crippen LogP contribution in [0.25, 0.3) is 11.1 Å². The minimum absolute atomic E-state index is 0.0899. The molecule has 0 saturated heterocycles. The topological polar surface area (TPSA) is 109 Å². The fourth-order valence-corrected chi connectivity index (χ4v) is 4.37. The molecule has 9 nitrogen and oxygen atoms in total. The average Bonchev–Trinajstić information content (AvgIpc) is 3.37. The molecule has 5 rings (SSSR count). The van der Waals surface area contributed by atoms with Crippen LogP contribution in [0.2, 0.25) is 0 Å². The fourth-order valence-electron chi connectivity index (χ4n) is 4.37. The summed E-state index contributed by atoms with van der Waals surface area (Å²) in [7, 11) is 1.60. The summed E-state index contributed by atoms with van der Waals surface area (Å²) in [5.41, 5.74) is 6.91. The van der Waals surface area contributed by atoms with E-state index in [1.807, 2.05) is 29.2 Å². The number of hydrogen-bond acceptors (Lipinski definition) is 8. The van der Waals surface area contributed by atoms with Gasteiger partial charge in [-0.2, -0.15) is 10.1 Å². The smallest absolute Gasteiger partial charge is 0.229 e. The van der Waals surface area contributed by atoms with Crippen LogP contribution in [0.1, 0.15) is 30.0 Å². The molecule has 0 saturated carbocycles. The Morgan fingerprint density at radius 3 is 2.83 bits per heavy atom. The van der Waals surface area contributed by atoms with E-state index in [4.69, 9.17) is 9.72 Å². The van der Waals surface area contributed by atoms with Gasteiger partial charge in [-0.15, -0.1) is 0 Å². The Morgan fingerprint density at radius 1 is 1.08 bits per heavy atom. The molecule has 186 valence electrons. The van der Waals surface area contributed by atoms with E-state index in [-0.39, 0.29) is 6.61 Å². The molecule has 4 aromatic rings. The number of anilines is 4. The second kappa shape index (κ2) is 10.8. The first-order valence-electron chi connectivity index (χ1n) is 12.2. The van der Waals surface area contributed by atoms with Crippen molar-refractivity contribution in [2.45, 2.75) is 39.5 Å². The SMILES string of the molecule is CCCn1cc(-c2cnc(Nc3cc(CO)cc(OC)c3)nc2Nc2ccc3c(c2)CNCC3)cn1. The van der Waals surface area contributed by atoms with Gasteiger partial charge in [-0.3, -0.25) is 4.68 Å². The maximum absolute atomic E-state index is 9.61. The van der Waals surface area contributed by atoms with Gasteiger partial charge in [0.1, 0.15) is 11.6 Å². The minimum Gasteiger partial charge on any atom is -0.497 e. The van der Waals surface area contributed by atoms with Crippen LogP contribution in [0.4, 0.5) is 23.1 Å². The Kier molecular flexibility index (Phi) is 7.11. The number of aliphatic hydroxyl groups excluding tert-OH is 1. The molecule has 9 heteroatoms. The van der Waals surface area contributed by atoms with Gasteiger partial charge in [0, 0.05) is 54.1 Å². The maximum atomic E-state index is 9.61.